The van der Waals surface area contributed by atoms with Crippen LogP contribution in [-0.2, 0) is 9.31 Å². The van der Waals surface area contributed by atoms with Crippen molar-refractivity contribution < 1.29 is 9.31 Å². The van der Waals surface area contributed by atoms with Crippen LogP contribution in [0.1, 0.15) is 27.7 Å². The van der Waals surface area contributed by atoms with Gasteiger partial charge in [-0.2, -0.15) is 0 Å². The molecule has 3 heterocycles. The van der Waals surface area contributed by atoms with E-state index in [-0.39, 0.29) is 11.2 Å². The number of fused-ring (bicyclic) bond motifs is 1. The van der Waals surface area contributed by atoms with E-state index < -0.39 is 7.12 Å². The largest absolute Gasteiger partial charge is 0.497 e. The van der Waals surface area contributed by atoms with E-state index in [1.807, 2.05) is 40.0 Å². The van der Waals surface area contributed by atoms with E-state index in [1.54, 1.807) is 6.20 Å². The molecule has 0 aliphatic carbocycles. The zero-order chi connectivity index (χ0) is 13.8. The predicted octanol–water partition coefficient (Wildman–Crippen LogP) is 2.52. The Labute approximate surface area is 117 Å². The van der Waals surface area contributed by atoms with Crippen molar-refractivity contribution in [1.82, 2.24) is 9.97 Å². The maximum atomic E-state index is 6.04. The lowest BCUT2D eigenvalue weighted by atomic mass is 9.79. The maximum absolute atomic E-state index is 6.04. The van der Waals surface area contributed by atoms with Gasteiger partial charge in [-0.15, -0.1) is 0 Å². The molecule has 6 heteroatoms. The summed E-state index contributed by atoms with van der Waals surface area (Å²) in [6, 6.07) is 1.88. The van der Waals surface area contributed by atoms with Crippen molar-refractivity contribution in [3.63, 3.8) is 0 Å². The lowest BCUT2D eigenvalue weighted by Gasteiger charge is -2.32. The molecule has 0 spiro atoms. The van der Waals surface area contributed by atoms with Crippen molar-refractivity contribution >= 4 is 35.2 Å². The lowest BCUT2D eigenvalue weighted by molar-refractivity contribution is 0.00578. The number of hydrogen-bond donors (Lipinski definition) is 1. The SMILES string of the molecule is CC1(C)OB(c2c[nH]c3ncc(Cl)cc23)OC1(C)C. The summed E-state index contributed by atoms with van der Waals surface area (Å²) in [7, 11) is -0.404. The minimum atomic E-state index is -0.404. The zero-order valence-electron chi connectivity index (χ0n) is 11.5. The third kappa shape index (κ3) is 1.97. The Morgan fingerprint density at radius 3 is 2.47 bits per heavy atom. The van der Waals surface area contributed by atoms with Gasteiger partial charge in [0, 0.05) is 23.2 Å². The van der Waals surface area contributed by atoms with Gasteiger partial charge in [0.25, 0.3) is 0 Å². The molecule has 2 aromatic rings. The van der Waals surface area contributed by atoms with Crippen LogP contribution in [0.25, 0.3) is 11.0 Å². The highest BCUT2D eigenvalue weighted by atomic mass is 35.5. The molecule has 1 fully saturated rings. The number of pyridine rings is 1. The highest BCUT2D eigenvalue weighted by Crippen LogP contribution is 2.37. The second-order valence-electron chi connectivity index (χ2n) is 5.88. The van der Waals surface area contributed by atoms with Crippen LogP contribution in [-0.4, -0.2) is 28.3 Å². The molecular weight excluding hydrogens is 262 g/mol. The number of nitrogens with zero attached hydrogens (tertiary/aromatic N) is 1. The van der Waals surface area contributed by atoms with Crippen molar-refractivity contribution in [2.75, 3.05) is 0 Å². The van der Waals surface area contributed by atoms with Gasteiger partial charge in [-0.25, -0.2) is 4.98 Å². The normalized spacial score (nSPS) is 21.2. The predicted molar refractivity (Wildman–Crippen MR) is 76.8 cm³/mol. The van der Waals surface area contributed by atoms with Crippen molar-refractivity contribution in [3.05, 3.63) is 23.5 Å². The first-order chi connectivity index (χ1) is 8.80. The van der Waals surface area contributed by atoms with Gasteiger partial charge < -0.3 is 14.3 Å². The number of aromatic amines is 1. The summed E-state index contributed by atoms with van der Waals surface area (Å²) in [5.74, 6) is 0. The average Bonchev–Trinajstić information content (AvgIpc) is 2.77. The zero-order valence-corrected chi connectivity index (χ0v) is 12.2. The van der Waals surface area contributed by atoms with Gasteiger partial charge in [0.2, 0.25) is 0 Å². The summed E-state index contributed by atoms with van der Waals surface area (Å²) < 4.78 is 12.1. The molecule has 0 radical (unpaired) electrons. The molecule has 0 amide bonds. The van der Waals surface area contributed by atoms with Crippen LogP contribution in [0.4, 0.5) is 0 Å². The van der Waals surface area contributed by atoms with Gasteiger partial charge in [0.1, 0.15) is 5.65 Å². The Kier molecular flexibility index (Phi) is 2.72. The Hall–Kier alpha value is -1.04. The van der Waals surface area contributed by atoms with Crippen molar-refractivity contribution in [3.8, 4) is 0 Å². The van der Waals surface area contributed by atoms with Gasteiger partial charge in [-0.05, 0) is 33.8 Å². The molecule has 1 aliphatic rings. The summed E-state index contributed by atoms with van der Waals surface area (Å²) in [5, 5.41) is 1.54. The van der Waals surface area contributed by atoms with Crippen LogP contribution in [0.2, 0.25) is 5.02 Å². The first kappa shape index (κ1) is 13.0. The third-order valence-corrected chi connectivity index (χ3v) is 4.24. The van der Waals surface area contributed by atoms with Crippen LogP contribution in [0.15, 0.2) is 18.5 Å². The molecule has 1 aliphatic heterocycles. The van der Waals surface area contributed by atoms with Crippen molar-refractivity contribution in [2.24, 2.45) is 0 Å². The number of hydrogen-bond acceptors (Lipinski definition) is 3. The van der Waals surface area contributed by atoms with E-state index in [0.29, 0.717) is 5.02 Å². The molecule has 0 unspecified atom stereocenters. The highest BCUT2D eigenvalue weighted by Gasteiger charge is 2.52. The van der Waals surface area contributed by atoms with E-state index in [0.717, 1.165) is 16.5 Å². The molecule has 19 heavy (non-hydrogen) atoms. The van der Waals surface area contributed by atoms with E-state index in [2.05, 4.69) is 9.97 Å². The van der Waals surface area contributed by atoms with Gasteiger partial charge in [-0.1, -0.05) is 11.6 Å². The summed E-state index contributed by atoms with van der Waals surface area (Å²) in [4.78, 5) is 7.36. The first-order valence-corrected chi connectivity index (χ1v) is 6.66. The number of nitrogens with one attached hydrogen (secondary N) is 1. The Bertz CT molecular complexity index is 623. The molecule has 2 aromatic heterocycles. The lowest BCUT2D eigenvalue weighted by Crippen LogP contribution is -2.41. The molecular formula is C13H16BClN2O2. The van der Waals surface area contributed by atoms with Crippen molar-refractivity contribution in [2.45, 2.75) is 38.9 Å². The molecule has 0 saturated carbocycles. The summed E-state index contributed by atoms with van der Waals surface area (Å²) in [5.41, 5.74) is 1.01. The van der Waals surface area contributed by atoms with Crippen LogP contribution < -0.4 is 5.46 Å². The van der Waals surface area contributed by atoms with E-state index in [9.17, 15) is 0 Å². The summed E-state index contributed by atoms with van der Waals surface area (Å²) >= 11 is 6.01. The molecule has 0 atom stereocenters. The van der Waals surface area contributed by atoms with Gasteiger partial charge in [0.05, 0.1) is 16.2 Å². The fraction of sp³-hybridized carbons (Fsp3) is 0.462. The molecule has 100 valence electrons. The van der Waals surface area contributed by atoms with Crippen LogP contribution in [0.5, 0.6) is 0 Å². The minimum absolute atomic E-state index is 0.354. The van der Waals surface area contributed by atoms with Crippen LogP contribution in [0.3, 0.4) is 0 Å². The summed E-state index contributed by atoms with van der Waals surface area (Å²) in [6.07, 6.45) is 3.49. The van der Waals surface area contributed by atoms with Crippen LogP contribution >= 0.6 is 11.6 Å². The standard InChI is InChI=1S/C13H16BClN2O2/c1-12(2)13(3,4)19-14(18-12)10-7-17-11-9(10)5-8(15)6-16-11/h5-7H,1-4H3,(H,16,17). The minimum Gasteiger partial charge on any atom is -0.399 e. The smallest absolute Gasteiger partial charge is 0.399 e. The van der Waals surface area contributed by atoms with Crippen LogP contribution in [0, 0.1) is 0 Å². The van der Waals surface area contributed by atoms with E-state index in [4.69, 9.17) is 20.9 Å². The quantitative estimate of drug-likeness (QED) is 0.815. The molecule has 4 nitrogen and oxygen atoms in total. The van der Waals surface area contributed by atoms with Gasteiger partial charge in [-0.3, -0.25) is 0 Å². The molecule has 3 rings (SSSR count). The van der Waals surface area contributed by atoms with Gasteiger partial charge in [0.15, 0.2) is 0 Å². The fourth-order valence-corrected chi connectivity index (χ4v) is 2.32. The number of halogens is 1. The van der Waals surface area contributed by atoms with E-state index >= 15 is 0 Å². The highest BCUT2D eigenvalue weighted by molar-refractivity contribution is 6.65. The summed E-state index contributed by atoms with van der Waals surface area (Å²) in [6.45, 7) is 8.14. The molecule has 1 saturated heterocycles. The Balaban J connectivity index is 2.05. The Morgan fingerprint density at radius 2 is 1.84 bits per heavy atom. The topological polar surface area (TPSA) is 47.1 Å². The monoisotopic (exact) mass is 278 g/mol. The van der Waals surface area contributed by atoms with E-state index in [1.165, 1.54) is 0 Å². The molecule has 1 N–H and O–H groups in total. The second-order valence-corrected chi connectivity index (χ2v) is 6.32. The van der Waals surface area contributed by atoms with Crippen molar-refractivity contribution in [1.29, 1.82) is 0 Å². The number of aromatic nitrogens is 2. The average molecular weight is 279 g/mol. The van der Waals surface area contributed by atoms with Gasteiger partial charge >= 0.3 is 7.12 Å². The second kappa shape index (κ2) is 3.98. The maximum Gasteiger partial charge on any atom is 0.497 e. The number of H-pyrrole nitrogens is 1. The molecule has 0 bridgehead atoms. The molecule has 0 aromatic carbocycles. The number of rotatable bonds is 1. The first-order valence-electron chi connectivity index (χ1n) is 6.28. The third-order valence-electron chi connectivity index (χ3n) is 4.04. The fourth-order valence-electron chi connectivity index (χ4n) is 2.16. The Morgan fingerprint density at radius 1 is 1.21 bits per heavy atom.